The van der Waals surface area contributed by atoms with Crippen molar-refractivity contribution in [2.24, 2.45) is 5.92 Å². The van der Waals surface area contributed by atoms with Crippen molar-refractivity contribution in [2.75, 3.05) is 0 Å². The summed E-state index contributed by atoms with van der Waals surface area (Å²) in [6, 6.07) is 6.86. The number of rotatable bonds is 3. The summed E-state index contributed by atoms with van der Waals surface area (Å²) >= 11 is 0. The van der Waals surface area contributed by atoms with E-state index in [0.29, 0.717) is 11.5 Å². The van der Waals surface area contributed by atoms with Crippen molar-refractivity contribution in [2.45, 2.75) is 20.3 Å². The molecule has 0 amide bonds. The SMILES string of the molecule is CC(C)C[CH]c1ccccc1F. The molecule has 0 aliphatic heterocycles. The first-order chi connectivity index (χ1) is 5.70. The van der Waals surface area contributed by atoms with Crippen LogP contribution < -0.4 is 0 Å². The van der Waals surface area contributed by atoms with Gasteiger partial charge in [0.1, 0.15) is 5.82 Å². The molecule has 0 heterocycles. The Morgan fingerprint density at radius 1 is 1.33 bits per heavy atom. The summed E-state index contributed by atoms with van der Waals surface area (Å²) in [6.45, 7) is 4.24. The van der Waals surface area contributed by atoms with Crippen LogP contribution in [-0.2, 0) is 0 Å². The van der Waals surface area contributed by atoms with Crippen LogP contribution in [0.15, 0.2) is 24.3 Å². The predicted molar refractivity (Wildman–Crippen MR) is 49.3 cm³/mol. The molecule has 1 heteroatoms. The Hall–Kier alpha value is -0.850. The lowest BCUT2D eigenvalue weighted by atomic mass is 10.0. The average molecular weight is 165 g/mol. The van der Waals surface area contributed by atoms with Crippen molar-refractivity contribution in [3.8, 4) is 0 Å². The average Bonchev–Trinajstić information content (AvgIpc) is 2.03. The second kappa shape index (κ2) is 4.24. The van der Waals surface area contributed by atoms with Gasteiger partial charge in [-0.2, -0.15) is 0 Å². The normalized spacial score (nSPS) is 10.7. The number of hydrogen-bond donors (Lipinski definition) is 0. The third kappa shape index (κ3) is 2.65. The van der Waals surface area contributed by atoms with Crippen LogP contribution in [0.5, 0.6) is 0 Å². The quantitative estimate of drug-likeness (QED) is 0.643. The van der Waals surface area contributed by atoms with Gasteiger partial charge in [-0.15, -0.1) is 0 Å². The zero-order chi connectivity index (χ0) is 8.97. The largest absolute Gasteiger partial charge is 0.207 e. The van der Waals surface area contributed by atoms with Crippen LogP contribution in [0.2, 0.25) is 0 Å². The van der Waals surface area contributed by atoms with Crippen LogP contribution in [0, 0.1) is 18.2 Å². The molecule has 0 aromatic heterocycles. The molecule has 0 nitrogen and oxygen atoms in total. The summed E-state index contributed by atoms with van der Waals surface area (Å²) in [4.78, 5) is 0. The fourth-order valence-corrected chi connectivity index (χ4v) is 1.00. The Balaban J connectivity index is 2.57. The number of halogens is 1. The summed E-state index contributed by atoms with van der Waals surface area (Å²) in [5, 5.41) is 0. The molecule has 0 atom stereocenters. The van der Waals surface area contributed by atoms with Crippen LogP contribution >= 0.6 is 0 Å². The molecule has 0 bridgehead atoms. The first-order valence-electron chi connectivity index (χ1n) is 4.28. The van der Waals surface area contributed by atoms with E-state index < -0.39 is 0 Å². The maximum atomic E-state index is 13.0. The van der Waals surface area contributed by atoms with Crippen molar-refractivity contribution >= 4 is 0 Å². The van der Waals surface area contributed by atoms with Crippen LogP contribution in [0.4, 0.5) is 4.39 Å². The molecule has 1 aromatic rings. The van der Waals surface area contributed by atoms with Gasteiger partial charge in [-0.25, -0.2) is 4.39 Å². The molecule has 0 fully saturated rings. The monoisotopic (exact) mass is 165 g/mol. The molecule has 65 valence electrons. The van der Waals surface area contributed by atoms with Crippen LogP contribution in [0.1, 0.15) is 25.8 Å². The molecule has 12 heavy (non-hydrogen) atoms. The van der Waals surface area contributed by atoms with E-state index in [-0.39, 0.29) is 5.82 Å². The maximum Gasteiger partial charge on any atom is 0.126 e. The van der Waals surface area contributed by atoms with E-state index >= 15 is 0 Å². The van der Waals surface area contributed by atoms with Crippen molar-refractivity contribution in [1.29, 1.82) is 0 Å². The fraction of sp³-hybridized carbons (Fsp3) is 0.364. The highest BCUT2D eigenvalue weighted by atomic mass is 19.1. The minimum Gasteiger partial charge on any atom is -0.207 e. The van der Waals surface area contributed by atoms with E-state index in [1.165, 1.54) is 6.07 Å². The van der Waals surface area contributed by atoms with Gasteiger partial charge >= 0.3 is 0 Å². The van der Waals surface area contributed by atoms with E-state index in [9.17, 15) is 4.39 Å². The van der Waals surface area contributed by atoms with Gasteiger partial charge in [0.2, 0.25) is 0 Å². The van der Waals surface area contributed by atoms with Crippen LogP contribution in [0.25, 0.3) is 0 Å². The molecule has 0 N–H and O–H groups in total. The Morgan fingerprint density at radius 3 is 2.58 bits per heavy atom. The summed E-state index contributed by atoms with van der Waals surface area (Å²) < 4.78 is 13.0. The van der Waals surface area contributed by atoms with Gasteiger partial charge in [0.05, 0.1) is 0 Å². The smallest absolute Gasteiger partial charge is 0.126 e. The second-order valence-corrected chi connectivity index (χ2v) is 3.36. The van der Waals surface area contributed by atoms with Crippen LogP contribution in [-0.4, -0.2) is 0 Å². The topological polar surface area (TPSA) is 0 Å². The first kappa shape index (κ1) is 9.24. The van der Waals surface area contributed by atoms with Crippen molar-refractivity contribution in [1.82, 2.24) is 0 Å². The van der Waals surface area contributed by atoms with E-state index in [0.717, 1.165) is 6.42 Å². The minimum atomic E-state index is -0.127. The third-order valence-corrected chi connectivity index (χ3v) is 1.71. The molecule has 0 unspecified atom stereocenters. The molecule has 0 saturated carbocycles. The molecule has 0 saturated heterocycles. The molecule has 0 aliphatic carbocycles. The van der Waals surface area contributed by atoms with Gasteiger partial charge in [-0.05, 0) is 30.4 Å². The van der Waals surface area contributed by atoms with Gasteiger partial charge in [0.15, 0.2) is 0 Å². The van der Waals surface area contributed by atoms with Crippen LogP contribution in [0.3, 0.4) is 0 Å². The standard InChI is InChI=1S/C11H14F/c1-9(2)7-8-10-5-3-4-6-11(10)12/h3-6,8-9H,7H2,1-2H3. The lowest BCUT2D eigenvalue weighted by molar-refractivity contribution is 0.603. The molecular weight excluding hydrogens is 151 g/mol. The van der Waals surface area contributed by atoms with Crippen molar-refractivity contribution in [3.63, 3.8) is 0 Å². The molecule has 0 spiro atoms. The highest BCUT2D eigenvalue weighted by molar-refractivity contribution is 5.24. The zero-order valence-corrected chi connectivity index (χ0v) is 7.55. The Bertz CT molecular complexity index is 241. The summed E-state index contributed by atoms with van der Waals surface area (Å²) in [5.74, 6) is 0.461. The van der Waals surface area contributed by atoms with Gasteiger partial charge in [0, 0.05) is 0 Å². The molecular formula is C11H14F. The summed E-state index contributed by atoms with van der Waals surface area (Å²) in [5.41, 5.74) is 0.714. The predicted octanol–water partition coefficient (Wildman–Crippen LogP) is 3.42. The molecule has 0 aliphatic rings. The lowest BCUT2D eigenvalue weighted by Crippen LogP contribution is -1.92. The second-order valence-electron chi connectivity index (χ2n) is 3.36. The van der Waals surface area contributed by atoms with Gasteiger partial charge in [-0.3, -0.25) is 0 Å². The fourth-order valence-electron chi connectivity index (χ4n) is 1.00. The number of hydrogen-bond acceptors (Lipinski definition) is 0. The Kier molecular flexibility index (Phi) is 3.27. The lowest BCUT2D eigenvalue weighted by Gasteiger charge is -2.04. The summed E-state index contributed by atoms with van der Waals surface area (Å²) in [6.07, 6.45) is 2.88. The van der Waals surface area contributed by atoms with Gasteiger partial charge < -0.3 is 0 Å². The van der Waals surface area contributed by atoms with E-state index in [4.69, 9.17) is 0 Å². The van der Waals surface area contributed by atoms with Crippen molar-refractivity contribution in [3.05, 3.63) is 42.1 Å². The van der Waals surface area contributed by atoms with E-state index in [2.05, 4.69) is 13.8 Å². The maximum absolute atomic E-state index is 13.0. The Labute approximate surface area is 73.4 Å². The molecule has 1 radical (unpaired) electrons. The number of benzene rings is 1. The van der Waals surface area contributed by atoms with E-state index in [1.807, 2.05) is 12.5 Å². The van der Waals surface area contributed by atoms with E-state index in [1.54, 1.807) is 12.1 Å². The molecule has 1 rings (SSSR count). The molecule has 1 aromatic carbocycles. The van der Waals surface area contributed by atoms with Gasteiger partial charge in [-0.1, -0.05) is 32.0 Å². The first-order valence-corrected chi connectivity index (χ1v) is 4.28. The highest BCUT2D eigenvalue weighted by Crippen LogP contribution is 2.13. The van der Waals surface area contributed by atoms with Crippen molar-refractivity contribution < 1.29 is 4.39 Å². The zero-order valence-electron chi connectivity index (χ0n) is 7.55. The van der Waals surface area contributed by atoms with Gasteiger partial charge in [0.25, 0.3) is 0 Å². The minimum absolute atomic E-state index is 0.127. The highest BCUT2D eigenvalue weighted by Gasteiger charge is 2.01. The summed E-state index contributed by atoms with van der Waals surface area (Å²) in [7, 11) is 0. The Morgan fingerprint density at radius 2 is 2.00 bits per heavy atom. The third-order valence-electron chi connectivity index (χ3n) is 1.71.